The van der Waals surface area contributed by atoms with E-state index >= 15 is 0 Å². The lowest BCUT2D eigenvalue weighted by molar-refractivity contribution is -0.171. The topological polar surface area (TPSA) is 52.6 Å². The highest BCUT2D eigenvalue weighted by atomic mass is 35.5. The Morgan fingerprint density at radius 1 is 1.13 bits per heavy atom. The molecule has 0 amide bonds. The quantitative estimate of drug-likeness (QED) is 0.298. The van der Waals surface area contributed by atoms with E-state index in [2.05, 4.69) is 6.58 Å². The molecule has 1 aromatic rings. The molecule has 1 rings (SSSR count). The van der Waals surface area contributed by atoms with Crippen molar-refractivity contribution in [3.63, 3.8) is 0 Å². The predicted octanol–water partition coefficient (Wildman–Crippen LogP) is 3.66. The van der Waals surface area contributed by atoms with E-state index < -0.39 is 17.4 Å². The molecular weight excluding hydrogens is 316 g/mol. The van der Waals surface area contributed by atoms with Gasteiger partial charge >= 0.3 is 11.9 Å². The first-order valence-corrected chi connectivity index (χ1v) is 8.17. The highest BCUT2D eigenvalue weighted by Gasteiger charge is 2.48. The van der Waals surface area contributed by atoms with Crippen molar-refractivity contribution in [2.24, 2.45) is 5.41 Å². The number of allylic oxidation sites excluding steroid dienone is 1. The van der Waals surface area contributed by atoms with Crippen LogP contribution in [-0.4, -0.2) is 25.2 Å². The van der Waals surface area contributed by atoms with E-state index in [-0.39, 0.29) is 26.1 Å². The zero-order valence-corrected chi connectivity index (χ0v) is 14.4. The fourth-order valence-electron chi connectivity index (χ4n) is 2.44. The van der Waals surface area contributed by atoms with E-state index in [1.807, 2.05) is 24.3 Å². The first-order valence-electron chi connectivity index (χ1n) is 7.63. The molecule has 5 heteroatoms. The summed E-state index contributed by atoms with van der Waals surface area (Å²) in [5.41, 5.74) is 0.261. The van der Waals surface area contributed by atoms with E-state index in [9.17, 15) is 9.59 Å². The van der Waals surface area contributed by atoms with Crippen LogP contribution in [0.4, 0.5) is 0 Å². The number of hydrogen-bond donors (Lipinski definition) is 0. The van der Waals surface area contributed by atoms with Crippen LogP contribution >= 0.6 is 11.6 Å². The molecule has 0 heterocycles. The monoisotopic (exact) mass is 338 g/mol. The fourth-order valence-corrected chi connectivity index (χ4v) is 2.70. The summed E-state index contributed by atoms with van der Waals surface area (Å²) in [5, 5.41) is 0. The van der Waals surface area contributed by atoms with Crippen LogP contribution in [0.25, 0.3) is 0 Å². The minimum atomic E-state index is -1.43. The van der Waals surface area contributed by atoms with Crippen molar-refractivity contribution in [2.75, 3.05) is 13.2 Å². The fraction of sp³-hybridized carbons (Fsp3) is 0.444. The standard InChI is InChI=1S/C18H23ClO4/c1-4-11-18(16(20)22-5-2,17(21)23-6-3)12-14-9-7-8-10-15(14)13-19/h4,7-10H,1,5-6,11-13H2,2-3H3. The molecule has 23 heavy (non-hydrogen) atoms. The average Bonchev–Trinajstić information content (AvgIpc) is 2.55. The van der Waals surface area contributed by atoms with Crippen LogP contribution in [0.3, 0.4) is 0 Å². The van der Waals surface area contributed by atoms with E-state index in [1.54, 1.807) is 13.8 Å². The Bertz CT molecular complexity index is 536. The Morgan fingerprint density at radius 2 is 1.65 bits per heavy atom. The number of benzene rings is 1. The molecule has 0 aromatic heterocycles. The zero-order valence-electron chi connectivity index (χ0n) is 13.6. The lowest BCUT2D eigenvalue weighted by Crippen LogP contribution is -2.44. The third-order valence-corrected chi connectivity index (χ3v) is 3.87. The summed E-state index contributed by atoms with van der Waals surface area (Å²) in [5.74, 6) is -0.892. The first-order chi connectivity index (χ1) is 11.1. The third-order valence-electron chi connectivity index (χ3n) is 3.58. The van der Waals surface area contributed by atoms with Gasteiger partial charge in [-0.1, -0.05) is 30.3 Å². The summed E-state index contributed by atoms with van der Waals surface area (Å²) in [6.07, 6.45) is 1.85. The molecule has 0 spiro atoms. The number of rotatable bonds is 9. The number of hydrogen-bond acceptors (Lipinski definition) is 4. The van der Waals surface area contributed by atoms with E-state index in [1.165, 1.54) is 6.08 Å². The molecule has 0 atom stereocenters. The number of esters is 2. The molecule has 126 valence electrons. The van der Waals surface area contributed by atoms with Crippen molar-refractivity contribution < 1.29 is 19.1 Å². The maximum absolute atomic E-state index is 12.6. The van der Waals surface area contributed by atoms with Gasteiger partial charge in [0.15, 0.2) is 5.41 Å². The summed E-state index contributed by atoms with van der Waals surface area (Å²) in [4.78, 5) is 25.1. The summed E-state index contributed by atoms with van der Waals surface area (Å²) >= 11 is 5.97. The highest BCUT2D eigenvalue weighted by molar-refractivity contribution is 6.17. The summed E-state index contributed by atoms with van der Waals surface area (Å²) in [7, 11) is 0. The average molecular weight is 339 g/mol. The molecule has 0 radical (unpaired) electrons. The number of carbonyl (C=O) groups excluding carboxylic acids is 2. The van der Waals surface area contributed by atoms with Crippen LogP contribution in [0.5, 0.6) is 0 Å². The summed E-state index contributed by atoms with van der Waals surface area (Å²) < 4.78 is 10.3. The molecule has 0 aliphatic carbocycles. The van der Waals surface area contributed by atoms with E-state index in [0.29, 0.717) is 5.88 Å². The van der Waals surface area contributed by atoms with Crippen LogP contribution in [0.2, 0.25) is 0 Å². The van der Waals surface area contributed by atoms with Gasteiger partial charge in [-0.05, 0) is 37.8 Å². The number of carbonyl (C=O) groups is 2. The van der Waals surface area contributed by atoms with Gasteiger partial charge in [-0.3, -0.25) is 9.59 Å². The molecule has 1 aromatic carbocycles. The molecule has 0 saturated heterocycles. The van der Waals surface area contributed by atoms with Crippen molar-refractivity contribution >= 4 is 23.5 Å². The van der Waals surface area contributed by atoms with Crippen LogP contribution in [-0.2, 0) is 31.4 Å². The van der Waals surface area contributed by atoms with Gasteiger partial charge in [-0.15, -0.1) is 18.2 Å². The highest BCUT2D eigenvalue weighted by Crippen LogP contribution is 2.33. The molecule has 0 aliphatic heterocycles. The van der Waals surface area contributed by atoms with Gasteiger partial charge in [0.25, 0.3) is 0 Å². The summed E-state index contributed by atoms with van der Waals surface area (Å²) in [6, 6.07) is 7.44. The van der Waals surface area contributed by atoms with Gasteiger partial charge in [0.05, 0.1) is 13.2 Å². The Balaban J connectivity index is 3.32. The van der Waals surface area contributed by atoms with E-state index in [4.69, 9.17) is 21.1 Å². The molecule has 0 saturated carbocycles. The predicted molar refractivity (Wildman–Crippen MR) is 90.2 cm³/mol. The third kappa shape index (κ3) is 4.58. The summed E-state index contributed by atoms with van der Waals surface area (Å²) in [6.45, 7) is 7.46. The molecule has 0 aliphatic rings. The maximum atomic E-state index is 12.6. The minimum absolute atomic E-state index is 0.140. The van der Waals surface area contributed by atoms with Gasteiger partial charge in [0.1, 0.15) is 0 Å². The van der Waals surface area contributed by atoms with Crippen molar-refractivity contribution in [1.82, 2.24) is 0 Å². The van der Waals surface area contributed by atoms with Gasteiger partial charge in [0, 0.05) is 5.88 Å². The lowest BCUT2D eigenvalue weighted by Gasteiger charge is -2.29. The molecule has 0 fully saturated rings. The second kappa shape index (κ2) is 9.36. The Labute approximate surface area is 142 Å². The van der Waals surface area contributed by atoms with Crippen LogP contribution in [0, 0.1) is 5.41 Å². The molecule has 0 bridgehead atoms. The molecule has 0 unspecified atom stereocenters. The largest absolute Gasteiger partial charge is 0.465 e. The van der Waals surface area contributed by atoms with E-state index in [0.717, 1.165) is 11.1 Å². The van der Waals surface area contributed by atoms with Crippen molar-refractivity contribution in [3.8, 4) is 0 Å². The second-order valence-electron chi connectivity index (χ2n) is 5.09. The van der Waals surface area contributed by atoms with Crippen LogP contribution in [0.15, 0.2) is 36.9 Å². The Morgan fingerprint density at radius 3 is 2.09 bits per heavy atom. The van der Waals surface area contributed by atoms with Gasteiger partial charge in [-0.25, -0.2) is 0 Å². The number of alkyl halides is 1. The van der Waals surface area contributed by atoms with Gasteiger partial charge in [-0.2, -0.15) is 0 Å². The molecular formula is C18H23ClO4. The normalized spacial score (nSPS) is 10.9. The smallest absolute Gasteiger partial charge is 0.324 e. The maximum Gasteiger partial charge on any atom is 0.324 e. The first kappa shape index (κ1) is 19.2. The number of ether oxygens (including phenoxy) is 2. The molecule has 4 nitrogen and oxygen atoms in total. The minimum Gasteiger partial charge on any atom is -0.465 e. The van der Waals surface area contributed by atoms with Crippen molar-refractivity contribution in [1.29, 1.82) is 0 Å². The van der Waals surface area contributed by atoms with Crippen LogP contribution < -0.4 is 0 Å². The number of halogens is 1. The Hall–Kier alpha value is -1.81. The van der Waals surface area contributed by atoms with Crippen LogP contribution in [0.1, 0.15) is 31.4 Å². The second-order valence-corrected chi connectivity index (χ2v) is 5.36. The van der Waals surface area contributed by atoms with Crippen molar-refractivity contribution in [3.05, 3.63) is 48.0 Å². The van der Waals surface area contributed by atoms with Gasteiger partial charge < -0.3 is 9.47 Å². The lowest BCUT2D eigenvalue weighted by atomic mass is 9.77. The molecule has 0 N–H and O–H groups in total. The Kier molecular flexibility index (Phi) is 7.83. The zero-order chi connectivity index (χ0) is 17.3. The SMILES string of the molecule is C=CCC(Cc1ccccc1CCl)(C(=O)OCC)C(=O)OCC. The van der Waals surface area contributed by atoms with Gasteiger partial charge in [0.2, 0.25) is 0 Å². The van der Waals surface area contributed by atoms with Crippen molar-refractivity contribution in [2.45, 2.75) is 32.6 Å².